The molecule has 1 unspecified atom stereocenters. The van der Waals surface area contributed by atoms with Crippen molar-refractivity contribution in [2.75, 3.05) is 5.06 Å². The Labute approximate surface area is 86.9 Å². The number of carbonyl (C=O) groups excluding carboxylic acids is 1. The normalized spacial score (nSPS) is 20.9. The first-order valence-electron chi connectivity index (χ1n) is 4.36. The standard InChI is InChI=1S/C10H10ClNO2/c1-6-2-3-7-5-8(11)10(13)12(14)9(7)4-6/h2-4,8,14H,5H2,1H3. The van der Waals surface area contributed by atoms with Gasteiger partial charge >= 0.3 is 0 Å². The number of hydrogen-bond acceptors (Lipinski definition) is 2. The Bertz CT molecular complexity index is 392. The molecule has 1 N–H and O–H groups in total. The fraction of sp³-hybridized carbons (Fsp3) is 0.300. The number of anilines is 1. The molecule has 0 saturated heterocycles. The lowest BCUT2D eigenvalue weighted by Crippen LogP contribution is -2.39. The highest BCUT2D eigenvalue weighted by Crippen LogP contribution is 2.29. The first-order valence-corrected chi connectivity index (χ1v) is 4.79. The van der Waals surface area contributed by atoms with Crippen LogP contribution >= 0.6 is 11.6 Å². The molecule has 14 heavy (non-hydrogen) atoms. The number of alkyl halides is 1. The maximum absolute atomic E-state index is 11.3. The van der Waals surface area contributed by atoms with E-state index in [1.54, 1.807) is 6.07 Å². The predicted molar refractivity (Wildman–Crippen MR) is 53.8 cm³/mol. The van der Waals surface area contributed by atoms with Crippen LogP contribution in [-0.2, 0) is 11.2 Å². The van der Waals surface area contributed by atoms with E-state index in [1.807, 2.05) is 19.1 Å². The van der Waals surface area contributed by atoms with Crippen molar-refractivity contribution in [3.05, 3.63) is 29.3 Å². The summed E-state index contributed by atoms with van der Waals surface area (Å²) in [6, 6.07) is 5.60. The van der Waals surface area contributed by atoms with Crippen LogP contribution in [0.4, 0.5) is 5.69 Å². The minimum Gasteiger partial charge on any atom is -0.281 e. The molecule has 1 aliphatic rings. The van der Waals surface area contributed by atoms with Crippen LogP contribution in [0.25, 0.3) is 0 Å². The molecule has 0 fully saturated rings. The van der Waals surface area contributed by atoms with Crippen LogP contribution < -0.4 is 5.06 Å². The van der Waals surface area contributed by atoms with Crippen LogP contribution in [0, 0.1) is 6.92 Å². The van der Waals surface area contributed by atoms with Crippen LogP contribution in [-0.4, -0.2) is 16.5 Å². The smallest absolute Gasteiger partial charge is 0.269 e. The largest absolute Gasteiger partial charge is 0.281 e. The predicted octanol–water partition coefficient (Wildman–Crippen LogP) is 1.88. The summed E-state index contributed by atoms with van der Waals surface area (Å²) in [5.41, 5.74) is 2.45. The summed E-state index contributed by atoms with van der Waals surface area (Å²) in [6.45, 7) is 1.91. The molecule has 0 spiro atoms. The van der Waals surface area contributed by atoms with Crippen LogP contribution in [0.3, 0.4) is 0 Å². The zero-order valence-corrected chi connectivity index (χ0v) is 8.45. The fourth-order valence-electron chi connectivity index (χ4n) is 1.58. The van der Waals surface area contributed by atoms with Crippen molar-refractivity contribution in [3.63, 3.8) is 0 Å². The highest BCUT2D eigenvalue weighted by molar-refractivity contribution is 6.33. The van der Waals surface area contributed by atoms with Gasteiger partial charge < -0.3 is 0 Å². The van der Waals surface area contributed by atoms with Gasteiger partial charge in [0, 0.05) is 0 Å². The summed E-state index contributed by atoms with van der Waals surface area (Å²) in [5, 5.41) is 9.51. The molecule has 1 aromatic carbocycles. The maximum Gasteiger partial charge on any atom is 0.269 e. The van der Waals surface area contributed by atoms with Crippen LogP contribution in [0.15, 0.2) is 18.2 Å². The average Bonchev–Trinajstić information content (AvgIpc) is 2.16. The quantitative estimate of drug-likeness (QED) is 0.526. The number of amides is 1. The molecule has 1 aromatic rings. The average molecular weight is 212 g/mol. The monoisotopic (exact) mass is 211 g/mol. The first kappa shape index (κ1) is 9.49. The molecule has 0 aliphatic carbocycles. The van der Waals surface area contributed by atoms with Crippen LogP contribution in [0.5, 0.6) is 0 Å². The second-order valence-electron chi connectivity index (χ2n) is 3.45. The Morgan fingerprint density at radius 2 is 2.29 bits per heavy atom. The summed E-state index contributed by atoms with van der Waals surface area (Å²) in [5.74, 6) is -0.454. The molecule has 0 bridgehead atoms. The van der Waals surface area contributed by atoms with E-state index in [0.29, 0.717) is 17.2 Å². The third-order valence-corrected chi connectivity index (χ3v) is 2.69. The Hall–Kier alpha value is -1.06. The third-order valence-electron chi connectivity index (χ3n) is 2.34. The van der Waals surface area contributed by atoms with E-state index in [-0.39, 0.29) is 0 Å². The summed E-state index contributed by atoms with van der Waals surface area (Å²) in [7, 11) is 0. The zero-order chi connectivity index (χ0) is 10.3. The van der Waals surface area contributed by atoms with Gasteiger partial charge in [-0.15, -0.1) is 11.6 Å². The number of fused-ring (bicyclic) bond motifs is 1. The number of carbonyl (C=O) groups is 1. The first-order chi connectivity index (χ1) is 6.59. The van der Waals surface area contributed by atoms with Gasteiger partial charge in [-0.25, -0.2) is 0 Å². The van der Waals surface area contributed by atoms with Crippen molar-refractivity contribution in [2.45, 2.75) is 18.7 Å². The molecular weight excluding hydrogens is 202 g/mol. The molecule has 2 rings (SSSR count). The molecule has 0 saturated carbocycles. The number of halogens is 1. The highest BCUT2D eigenvalue weighted by atomic mass is 35.5. The minimum absolute atomic E-state index is 0.454. The Morgan fingerprint density at radius 3 is 3.00 bits per heavy atom. The van der Waals surface area contributed by atoms with Gasteiger partial charge in [0.1, 0.15) is 5.38 Å². The molecule has 0 aromatic heterocycles. The molecule has 74 valence electrons. The highest BCUT2D eigenvalue weighted by Gasteiger charge is 2.30. The SMILES string of the molecule is Cc1ccc2c(c1)N(O)C(=O)C(Cl)C2. The van der Waals surface area contributed by atoms with E-state index in [4.69, 9.17) is 11.6 Å². The van der Waals surface area contributed by atoms with Gasteiger partial charge in [0.05, 0.1) is 5.69 Å². The van der Waals surface area contributed by atoms with Gasteiger partial charge in [-0.1, -0.05) is 12.1 Å². The molecule has 1 heterocycles. The van der Waals surface area contributed by atoms with Gasteiger partial charge in [-0.05, 0) is 30.5 Å². The van der Waals surface area contributed by atoms with Crippen molar-refractivity contribution < 1.29 is 10.0 Å². The summed E-state index contributed by atoms with van der Waals surface area (Å²) >= 11 is 5.78. The number of rotatable bonds is 0. The Morgan fingerprint density at radius 1 is 1.57 bits per heavy atom. The number of hydroxylamine groups is 1. The van der Waals surface area contributed by atoms with Crippen LogP contribution in [0.2, 0.25) is 0 Å². The molecule has 1 amide bonds. The van der Waals surface area contributed by atoms with Gasteiger partial charge in [0.15, 0.2) is 0 Å². The lowest BCUT2D eigenvalue weighted by Gasteiger charge is -2.26. The van der Waals surface area contributed by atoms with Gasteiger partial charge in [0.2, 0.25) is 0 Å². The van der Waals surface area contributed by atoms with E-state index < -0.39 is 11.3 Å². The summed E-state index contributed by atoms with van der Waals surface area (Å²) in [6.07, 6.45) is 0.479. The fourth-order valence-corrected chi connectivity index (χ4v) is 1.83. The Kier molecular flexibility index (Phi) is 2.21. The molecule has 4 heteroatoms. The van der Waals surface area contributed by atoms with E-state index in [9.17, 15) is 10.0 Å². The summed E-state index contributed by atoms with van der Waals surface area (Å²) in [4.78, 5) is 11.3. The summed E-state index contributed by atoms with van der Waals surface area (Å²) < 4.78 is 0. The van der Waals surface area contributed by atoms with Crippen molar-refractivity contribution in [1.29, 1.82) is 0 Å². The zero-order valence-electron chi connectivity index (χ0n) is 7.70. The van der Waals surface area contributed by atoms with Gasteiger partial charge in [-0.3, -0.25) is 10.0 Å². The maximum atomic E-state index is 11.3. The molecule has 0 radical (unpaired) electrons. The molecule has 3 nitrogen and oxygen atoms in total. The van der Waals surface area contributed by atoms with Crippen molar-refractivity contribution in [2.24, 2.45) is 0 Å². The lowest BCUT2D eigenvalue weighted by molar-refractivity contribution is -0.123. The van der Waals surface area contributed by atoms with E-state index in [2.05, 4.69) is 0 Å². The van der Waals surface area contributed by atoms with Crippen molar-refractivity contribution in [1.82, 2.24) is 0 Å². The van der Waals surface area contributed by atoms with Gasteiger partial charge in [-0.2, -0.15) is 5.06 Å². The van der Waals surface area contributed by atoms with Crippen molar-refractivity contribution in [3.8, 4) is 0 Å². The number of aryl methyl sites for hydroxylation is 1. The minimum atomic E-state index is -0.657. The molecule has 1 aliphatic heterocycles. The van der Waals surface area contributed by atoms with Gasteiger partial charge in [0.25, 0.3) is 5.91 Å². The van der Waals surface area contributed by atoms with E-state index >= 15 is 0 Å². The molecular formula is C10H10ClNO2. The van der Waals surface area contributed by atoms with E-state index in [1.165, 1.54) is 0 Å². The number of nitrogens with zero attached hydrogens (tertiary/aromatic N) is 1. The molecule has 1 atom stereocenters. The number of hydrogen-bond donors (Lipinski definition) is 1. The topological polar surface area (TPSA) is 40.5 Å². The van der Waals surface area contributed by atoms with Crippen LogP contribution in [0.1, 0.15) is 11.1 Å². The van der Waals surface area contributed by atoms with Crippen molar-refractivity contribution >= 4 is 23.2 Å². The van der Waals surface area contributed by atoms with E-state index in [0.717, 1.165) is 11.1 Å². The lowest BCUT2D eigenvalue weighted by atomic mass is 10.0. The third kappa shape index (κ3) is 1.38. The second kappa shape index (κ2) is 3.26. The second-order valence-corrected chi connectivity index (χ2v) is 3.98. The number of benzene rings is 1. The Balaban J connectivity index is 2.51.